The summed E-state index contributed by atoms with van der Waals surface area (Å²) in [6.45, 7) is 5.44. The average Bonchev–Trinajstić information content (AvgIpc) is 1.92. The van der Waals surface area contributed by atoms with Gasteiger partial charge in [0.05, 0.1) is 0 Å². The van der Waals surface area contributed by atoms with E-state index in [1.54, 1.807) is 0 Å². The molecule has 1 nitrogen and oxygen atoms in total. The highest BCUT2D eigenvalue weighted by molar-refractivity contribution is 5.71. The van der Waals surface area contributed by atoms with Crippen molar-refractivity contribution in [2.45, 2.75) is 20.3 Å². The molecule has 0 bridgehead atoms. The fraction of sp³-hybridized carbons (Fsp3) is 0.625. The van der Waals surface area contributed by atoms with Crippen LogP contribution in [0.3, 0.4) is 0 Å². The van der Waals surface area contributed by atoms with Crippen molar-refractivity contribution in [1.29, 1.82) is 0 Å². The summed E-state index contributed by atoms with van der Waals surface area (Å²) < 4.78 is 0. The van der Waals surface area contributed by atoms with Crippen molar-refractivity contribution in [2.24, 2.45) is 10.4 Å². The van der Waals surface area contributed by atoms with E-state index in [0.717, 1.165) is 6.54 Å². The number of nitrogens with zero attached hydrogens (tertiary/aromatic N) is 1. The molecule has 0 spiro atoms. The lowest BCUT2D eigenvalue weighted by Gasteiger charge is -2.16. The van der Waals surface area contributed by atoms with Crippen LogP contribution in [-0.2, 0) is 0 Å². The molecule has 0 aromatic heterocycles. The van der Waals surface area contributed by atoms with E-state index in [4.69, 9.17) is 0 Å². The average molecular weight is 123 g/mol. The maximum atomic E-state index is 4.15. The van der Waals surface area contributed by atoms with Crippen LogP contribution in [0.4, 0.5) is 0 Å². The van der Waals surface area contributed by atoms with Crippen LogP contribution in [0.1, 0.15) is 20.3 Å². The van der Waals surface area contributed by atoms with Gasteiger partial charge in [0.25, 0.3) is 0 Å². The Balaban J connectivity index is 2.62. The van der Waals surface area contributed by atoms with Gasteiger partial charge < -0.3 is 0 Å². The molecule has 0 atom stereocenters. The summed E-state index contributed by atoms with van der Waals surface area (Å²) in [6.07, 6.45) is 7.30. The molecule has 0 saturated carbocycles. The second-order valence-corrected chi connectivity index (χ2v) is 3.15. The molecular weight excluding hydrogens is 110 g/mol. The lowest BCUT2D eigenvalue weighted by atomic mass is 9.89. The number of hydrogen-bond donors (Lipinski definition) is 0. The van der Waals surface area contributed by atoms with Crippen molar-refractivity contribution in [1.82, 2.24) is 0 Å². The van der Waals surface area contributed by atoms with Crippen LogP contribution in [0.5, 0.6) is 0 Å². The lowest BCUT2D eigenvalue weighted by molar-refractivity contribution is 0.449. The van der Waals surface area contributed by atoms with Crippen molar-refractivity contribution in [2.75, 3.05) is 6.54 Å². The van der Waals surface area contributed by atoms with Crippen LogP contribution >= 0.6 is 0 Å². The number of allylic oxidation sites excluding steroid dienone is 2. The quantitative estimate of drug-likeness (QED) is 0.467. The van der Waals surface area contributed by atoms with Crippen molar-refractivity contribution in [3.63, 3.8) is 0 Å². The Bertz CT molecular complexity index is 143. The highest BCUT2D eigenvalue weighted by Gasteiger charge is 2.12. The summed E-state index contributed by atoms with van der Waals surface area (Å²) in [5.41, 5.74) is 0.358. The molecular formula is C8H13N. The maximum Gasteiger partial charge on any atom is 0.0397 e. The van der Waals surface area contributed by atoms with E-state index in [1.165, 1.54) is 6.42 Å². The first-order chi connectivity index (χ1) is 4.21. The van der Waals surface area contributed by atoms with E-state index in [1.807, 2.05) is 12.3 Å². The predicted octanol–water partition coefficient (Wildman–Crippen LogP) is 2.04. The topological polar surface area (TPSA) is 12.4 Å². The zero-order valence-electron chi connectivity index (χ0n) is 6.09. The minimum Gasteiger partial charge on any atom is -0.293 e. The van der Waals surface area contributed by atoms with Crippen LogP contribution in [-0.4, -0.2) is 12.8 Å². The highest BCUT2D eigenvalue weighted by Crippen LogP contribution is 2.22. The SMILES string of the molecule is CC1(C)C=CC=NCC1. The van der Waals surface area contributed by atoms with Gasteiger partial charge in [0, 0.05) is 12.8 Å². The molecule has 1 heteroatoms. The molecule has 0 aliphatic carbocycles. The minimum absolute atomic E-state index is 0.358. The second-order valence-electron chi connectivity index (χ2n) is 3.15. The van der Waals surface area contributed by atoms with Gasteiger partial charge in [-0.1, -0.05) is 19.9 Å². The molecule has 0 N–H and O–H groups in total. The Hall–Kier alpha value is -0.590. The van der Waals surface area contributed by atoms with Crippen molar-refractivity contribution in [3.8, 4) is 0 Å². The van der Waals surface area contributed by atoms with Crippen LogP contribution in [0.2, 0.25) is 0 Å². The molecule has 9 heavy (non-hydrogen) atoms. The van der Waals surface area contributed by atoms with Crippen molar-refractivity contribution in [3.05, 3.63) is 12.2 Å². The van der Waals surface area contributed by atoms with Gasteiger partial charge in [-0.25, -0.2) is 0 Å². The standard InChI is InChI=1S/C8H13N/c1-8(2)4-3-6-9-7-5-8/h3-4,6H,5,7H2,1-2H3. The molecule has 1 aliphatic rings. The molecule has 0 amide bonds. The number of rotatable bonds is 0. The van der Waals surface area contributed by atoms with E-state index in [0.29, 0.717) is 5.41 Å². The van der Waals surface area contributed by atoms with Crippen molar-refractivity contribution < 1.29 is 0 Å². The third kappa shape index (κ3) is 2.00. The monoisotopic (exact) mass is 123 g/mol. The van der Waals surface area contributed by atoms with Gasteiger partial charge in [-0.15, -0.1) is 0 Å². The molecule has 1 aliphatic heterocycles. The third-order valence-corrected chi connectivity index (χ3v) is 1.62. The van der Waals surface area contributed by atoms with Gasteiger partial charge in [0.15, 0.2) is 0 Å². The zero-order chi connectivity index (χ0) is 6.74. The molecule has 0 fully saturated rings. The first kappa shape index (κ1) is 6.53. The Morgan fingerprint density at radius 3 is 3.00 bits per heavy atom. The Morgan fingerprint density at radius 1 is 1.44 bits per heavy atom. The van der Waals surface area contributed by atoms with Gasteiger partial charge in [0.2, 0.25) is 0 Å². The third-order valence-electron chi connectivity index (χ3n) is 1.62. The van der Waals surface area contributed by atoms with Gasteiger partial charge in [0.1, 0.15) is 0 Å². The molecule has 0 aromatic carbocycles. The summed E-state index contributed by atoms with van der Waals surface area (Å²) in [5, 5.41) is 0. The van der Waals surface area contributed by atoms with Crippen LogP contribution in [0, 0.1) is 5.41 Å². The summed E-state index contributed by atoms with van der Waals surface area (Å²) in [4.78, 5) is 4.15. The molecule has 1 rings (SSSR count). The highest BCUT2D eigenvalue weighted by atomic mass is 14.7. The summed E-state index contributed by atoms with van der Waals surface area (Å²) in [7, 11) is 0. The Labute approximate surface area is 56.5 Å². The van der Waals surface area contributed by atoms with E-state index in [2.05, 4.69) is 24.9 Å². The largest absolute Gasteiger partial charge is 0.293 e. The summed E-state index contributed by atoms with van der Waals surface area (Å²) >= 11 is 0. The van der Waals surface area contributed by atoms with E-state index in [9.17, 15) is 0 Å². The Morgan fingerprint density at radius 2 is 2.22 bits per heavy atom. The minimum atomic E-state index is 0.358. The van der Waals surface area contributed by atoms with Gasteiger partial charge >= 0.3 is 0 Å². The van der Waals surface area contributed by atoms with E-state index < -0.39 is 0 Å². The van der Waals surface area contributed by atoms with Crippen LogP contribution < -0.4 is 0 Å². The Kier molecular flexibility index (Phi) is 1.70. The maximum absolute atomic E-state index is 4.15. The molecule has 50 valence electrons. The molecule has 1 heterocycles. The summed E-state index contributed by atoms with van der Waals surface area (Å²) in [5.74, 6) is 0. The second kappa shape index (κ2) is 2.34. The van der Waals surface area contributed by atoms with Gasteiger partial charge in [-0.3, -0.25) is 4.99 Å². The van der Waals surface area contributed by atoms with Crippen LogP contribution in [0.15, 0.2) is 17.1 Å². The van der Waals surface area contributed by atoms with Crippen LogP contribution in [0.25, 0.3) is 0 Å². The normalized spacial score (nSPS) is 23.8. The van der Waals surface area contributed by atoms with E-state index >= 15 is 0 Å². The lowest BCUT2D eigenvalue weighted by Crippen LogP contribution is -2.07. The number of aliphatic imine (C=N–C) groups is 1. The first-order valence-corrected chi connectivity index (χ1v) is 3.38. The first-order valence-electron chi connectivity index (χ1n) is 3.38. The molecule has 0 aromatic rings. The summed E-state index contributed by atoms with van der Waals surface area (Å²) in [6, 6.07) is 0. The van der Waals surface area contributed by atoms with E-state index in [-0.39, 0.29) is 0 Å². The van der Waals surface area contributed by atoms with Gasteiger partial charge in [-0.05, 0) is 17.9 Å². The fourth-order valence-corrected chi connectivity index (χ4v) is 0.875. The molecule has 0 radical (unpaired) electrons. The molecule has 0 saturated heterocycles. The predicted molar refractivity (Wildman–Crippen MR) is 40.9 cm³/mol. The van der Waals surface area contributed by atoms with Crippen molar-refractivity contribution >= 4 is 6.21 Å². The fourth-order valence-electron chi connectivity index (χ4n) is 0.875. The zero-order valence-corrected chi connectivity index (χ0v) is 6.09. The smallest absolute Gasteiger partial charge is 0.0397 e. The molecule has 0 unspecified atom stereocenters. The van der Waals surface area contributed by atoms with Gasteiger partial charge in [-0.2, -0.15) is 0 Å². The number of hydrogen-bond acceptors (Lipinski definition) is 1.